The molecule has 1 fully saturated rings. The average molecular weight is 258 g/mol. The number of hydrogen-bond acceptors (Lipinski definition) is 5. The van der Waals surface area contributed by atoms with Crippen molar-refractivity contribution >= 4 is 12.1 Å². The molecule has 0 aliphatic carbocycles. The Kier molecular flexibility index (Phi) is 4.95. The predicted molar refractivity (Wildman–Crippen MR) is 66.2 cm³/mol. The monoisotopic (exact) mass is 258 g/mol. The number of methoxy groups -OCH3 is 1. The van der Waals surface area contributed by atoms with Gasteiger partial charge in [-0.15, -0.1) is 0 Å². The lowest BCUT2D eigenvalue weighted by molar-refractivity contribution is -0.143. The van der Waals surface area contributed by atoms with E-state index < -0.39 is 11.7 Å². The second-order valence-electron chi connectivity index (χ2n) is 5.40. The summed E-state index contributed by atoms with van der Waals surface area (Å²) in [5.74, 6) is -0.259. The number of alkyl carbamates (subject to hydrolysis) is 1. The van der Waals surface area contributed by atoms with E-state index in [0.29, 0.717) is 13.0 Å². The number of carbonyl (C=O) groups excluding carboxylic acids is 2. The number of amides is 1. The van der Waals surface area contributed by atoms with Crippen LogP contribution < -0.4 is 10.6 Å². The van der Waals surface area contributed by atoms with Gasteiger partial charge in [-0.25, -0.2) is 4.79 Å². The van der Waals surface area contributed by atoms with E-state index in [4.69, 9.17) is 4.74 Å². The predicted octanol–water partition coefficient (Wildman–Crippen LogP) is 0.805. The lowest BCUT2D eigenvalue weighted by atomic mass is 10.0. The molecule has 0 bridgehead atoms. The molecule has 1 amide bonds. The van der Waals surface area contributed by atoms with Crippen molar-refractivity contribution in [3.8, 4) is 0 Å². The zero-order valence-electron chi connectivity index (χ0n) is 11.4. The number of carbonyl (C=O) groups is 2. The van der Waals surface area contributed by atoms with E-state index in [1.807, 2.05) is 20.8 Å². The zero-order chi connectivity index (χ0) is 13.8. The Bertz CT molecular complexity index is 304. The van der Waals surface area contributed by atoms with Crippen LogP contribution in [0.1, 0.15) is 33.6 Å². The first-order chi connectivity index (χ1) is 8.31. The highest BCUT2D eigenvalue weighted by Gasteiger charge is 2.28. The maximum absolute atomic E-state index is 11.5. The Labute approximate surface area is 107 Å². The molecule has 6 heteroatoms. The summed E-state index contributed by atoms with van der Waals surface area (Å²) in [5.41, 5.74) is -0.499. The molecule has 1 heterocycles. The van der Waals surface area contributed by atoms with E-state index in [2.05, 4.69) is 15.4 Å². The number of rotatable bonds is 2. The molecule has 1 unspecified atom stereocenters. The minimum atomic E-state index is -0.499. The second kappa shape index (κ2) is 6.04. The van der Waals surface area contributed by atoms with E-state index >= 15 is 0 Å². The third kappa shape index (κ3) is 4.91. The fourth-order valence-corrected chi connectivity index (χ4v) is 1.80. The molecular weight excluding hydrogens is 236 g/mol. The first kappa shape index (κ1) is 14.8. The van der Waals surface area contributed by atoms with Crippen LogP contribution >= 0.6 is 0 Å². The van der Waals surface area contributed by atoms with Crippen molar-refractivity contribution in [2.75, 3.05) is 13.7 Å². The van der Waals surface area contributed by atoms with Gasteiger partial charge < -0.3 is 20.1 Å². The van der Waals surface area contributed by atoms with Gasteiger partial charge in [0.15, 0.2) is 0 Å². The van der Waals surface area contributed by atoms with E-state index in [9.17, 15) is 9.59 Å². The molecule has 1 aliphatic rings. The van der Waals surface area contributed by atoms with Crippen LogP contribution in [0.2, 0.25) is 0 Å². The van der Waals surface area contributed by atoms with Crippen LogP contribution in [-0.4, -0.2) is 43.4 Å². The smallest absolute Gasteiger partial charge is 0.407 e. The normalized spacial score (nSPS) is 24.2. The summed E-state index contributed by atoms with van der Waals surface area (Å²) in [6.07, 6.45) is 0.949. The summed E-state index contributed by atoms with van der Waals surface area (Å²) < 4.78 is 9.82. The first-order valence-corrected chi connectivity index (χ1v) is 6.12. The second-order valence-corrected chi connectivity index (χ2v) is 5.40. The Morgan fingerprint density at radius 3 is 2.39 bits per heavy atom. The van der Waals surface area contributed by atoms with Gasteiger partial charge in [-0.1, -0.05) is 0 Å². The maximum atomic E-state index is 11.5. The highest BCUT2D eigenvalue weighted by atomic mass is 16.6. The van der Waals surface area contributed by atoms with Crippen LogP contribution in [-0.2, 0) is 14.3 Å². The molecule has 0 radical (unpaired) electrons. The van der Waals surface area contributed by atoms with E-state index in [0.717, 1.165) is 6.42 Å². The molecule has 0 aromatic heterocycles. The largest absolute Gasteiger partial charge is 0.468 e. The molecule has 1 saturated heterocycles. The molecule has 6 nitrogen and oxygen atoms in total. The van der Waals surface area contributed by atoms with E-state index in [1.54, 1.807) is 0 Å². The molecule has 1 aliphatic heterocycles. The van der Waals surface area contributed by atoms with E-state index in [1.165, 1.54) is 7.11 Å². The fourth-order valence-electron chi connectivity index (χ4n) is 1.80. The van der Waals surface area contributed by atoms with Crippen LogP contribution in [0.25, 0.3) is 0 Å². The van der Waals surface area contributed by atoms with Gasteiger partial charge in [0, 0.05) is 12.6 Å². The van der Waals surface area contributed by atoms with Crippen molar-refractivity contribution in [3.05, 3.63) is 0 Å². The van der Waals surface area contributed by atoms with Crippen molar-refractivity contribution in [2.24, 2.45) is 0 Å². The maximum Gasteiger partial charge on any atom is 0.407 e. The van der Waals surface area contributed by atoms with Gasteiger partial charge in [0.2, 0.25) is 0 Å². The van der Waals surface area contributed by atoms with Gasteiger partial charge in [0.25, 0.3) is 0 Å². The summed E-state index contributed by atoms with van der Waals surface area (Å²) in [4.78, 5) is 22.8. The van der Waals surface area contributed by atoms with Crippen molar-refractivity contribution in [2.45, 2.75) is 51.3 Å². The van der Waals surface area contributed by atoms with Gasteiger partial charge in [0.1, 0.15) is 11.6 Å². The Morgan fingerprint density at radius 2 is 1.94 bits per heavy atom. The molecule has 0 saturated carbocycles. The van der Waals surface area contributed by atoms with Crippen LogP contribution in [0.5, 0.6) is 0 Å². The van der Waals surface area contributed by atoms with Crippen molar-refractivity contribution < 1.29 is 19.1 Å². The minimum absolute atomic E-state index is 0.0132. The van der Waals surface area contributed by atoms with Crippen molar-refractivity contribution in [1.29, 1.82) is 0 Å². The molecule has 1 rings (SSSR count). The number of piperidine rings is 1. The number of esters is 1. The molecule has 104 valence electrons. The highest BCUT2D eigenvalue weighted by Crippen LogP contribution is 2.11. The van der Waals surface area contributed by atoms with Crippen LogP contribution in [0.3, 0.4) is 0 Å². The lowest BCUT2D eigenvalue weighted by Crippen LogP contribution is -2.52. The Balaban J connectivity index is 2.31. The summed E-state index contributed by atoms with van der Waals surface area (Å²) in [6, 6.07) is -0.285. The third-order valence-electron chi connectivity index (χ3n) is 2.62. The average Bonchev–Trinajstić information content (AvgIpc) is 2.26. The summed E-state index contributed by atoms with van der Waals surface area (Å²) in [6.45, 7) is 6.00. The number of hydrogen-bond donors (Lipinski definition) is 2. The molecule has 0 aromatic carbocycles. The molecule has 2 atom stereocenters. The lowest BCUT2D eigenvalue weighted by Gasteiger charge is -2.29. The standard InChI is InChI=1S/C12H22N2O4/c1-12(2,3)18-11(16)14-8-5-6-9(13-7-8)10(15)17-4/h8-9,13H,5-7H2,1-4H3,(H,14,16)/t8?,9-/m1/s1. The van der Waals surface area contributed by atoms with Crippen LogP contribution in [0, 0.1) is 0 Å². The van der Waals surface area contributed by atoms with Gasteiger partial charge in [-0.2, -0.15) is 0 Å². The molecule has 2 N–H and O–H groups in total. The molecule has 0 spiro atoms. The molecule has 18 heavy (non-hydrogen) atoms. The Hall–Kier alpha value is -1.30. The topological polar surface area (TPSA) is 76.7 Å². The van der Waals surface area contributed by atoms with Gasteiger partial charge >= 0.3 is 12.1 Å². The summed E-state index contributed by atoms with van der Waals surface area (Å²) >= 11 is 0. The van der Waals surface area contributed by atoms with Gasteiger partial charge in [0.05, 0.1) is 7.11 Å². The quantitative estimate of drug-likeness (QED) is 0.717. The van der Waals surface area contributed by atoms with E-state index in [-0.39, 0.29) is 18.1 Å². The first-order valence-electron chi connectivity index (χ1n) is 6.12. The highest BCUT2D eigenvalue weighted by molar-refractivity contribution is 5.75. The molecular formula is C12H22N2O4. The number of ether oxygens (including phenoxy) is 2. The van der Waals surface area contributed by atoms with Crippen LogP contribution in [0.15, 0.2) is 0 Å². The molecule has 0 aromatic rings. The summed E-state index contributed by atoms with van der Waals surface area (Å²) in [5, 5.41) is 5.82. The fraction of sp³-hybridized carbons (Fsp3) is 0.833. The van der Waals surface area contributed by atoms with Crippen molar-refractivity contribution in [3.63, 3.8) is 0 Å². The number of nitrogens with one attached hydrogen (secondary N) is 2. The minimum Gasteiger partial charge on any atom is -0.468 e. The van der Waals surface area contributed by atoms with Crippen LogP contribution in [0.4, 0.5) is 4.79 Å². The van der Waals surface area contributed by atoms with Gasteiger partial charge in [-0.3, -0.25) is 4.79 Å². The SMILES string of the molecule is COC(=O)[C@H]1CCC(NC(=O)OC(C)(C)C)CN1. The zero-order valence-corrected chi connectivity index (χ0v) is 11.4. The summed E-state index contributed by atoms with van der Waals surface area (Å²) in [7, 11) is 1.37. The van der Waals surface area contributed by atoms with Gasteiger partial charge in [-0.05, 0) is 33.6 Å². The third-order valence-corrected chi connectivity index (χ3v) is 2.62. The van der Waals surface area contributed by atoms with Crippen molar-refractivity contribution in [1.82, 2.24) is 10.6 Å². The Morgan fingerprint density at radius 1 is 1.28 bits per heavy atom.